The lowest BCUT2D eigenvalue weighted by molar-refractivity contribution is -0.111. The highest BCUT2D eigenvalue weighted by Crippen LogP contribution is 2.54. The van der Waals surface area contributed by atoms with Gasteiger partial charge >= 0.3 is 7.82 Å². The van der Waals surface area contributed by atoms with Crippen LogP contribution in [-0.4, -0.2) is 31.7 Å². The Morgan fingerprint density at radius 2 is 1.95 bits per heavy atom. The Morgan fingerprint density at radius 1 is 1.35 bits per heavy atom. The molecule has 0 spiro atoms. The highest BCUT2D eigenvalue weighted by molar-refractivity contribution is 7.48. The second kappa shape index (κ2) is 6.82. The maximum Gasteiger partial charge on any atom is 0.477 e. The van der Waals surface area contributed by atoms with Crippen LogP contribution in [0.5, 0.6) is 0 Å². The molecular formula is C12H16NO6P. The molecule has 0 bridgehead atoms. The molecule has 0 N–H and O–H groups in total. The summed E-state index contributed by atoms with van der Waals surface area (Å²) in [5.41, 5.74) is -1.82. The molecule has 0 amide bonds. The van der Waals surface area contributed by atoms with E-state index < -0.39 is 13.4 Å². The summed E-state index contributed by atoms with van der Waals surface area (Å²) in [6, 6.07) is 1.82. The van der Waals surface area contributed by atoms with Crippen LogP contribution in [0.2, 0.25) is 0 Å². The first-order chi connectivity index (χ1) is 9.45. The number of hydrogen-bond acceptors (Lipinski definition) is 7. The van der Waals surface area contributed by atoms with E-state index in [0.717, 1.165) is 12.2 Å². The summed E-state index contributed by atoms with van der Waals surface area (Å²) in [5, 5.41) is 9.34. The average molecular weight is 301 g/mol. The monoisotopic (exact) mass is 301 g/mol. The van der Waals surface area contributed by atoms with Gasteiger partial charge in [-0.1, -0.05) is 0 Å². The maximum atomic E-state index is 12.4. The zero-order chi connectivity index (χ0) is 15.2. The number of ether oxygens (including phenoxy) is 1. The summed E-state index contributed by atoms with van der Waals surface area (Å²) in [7, 11) is -2.67. The van der Waals surface area contributed by atoms with E-state index in [0.29, 0.717) is 0 Å². The van der Waals surface area contributed by atoms with Gasteiger partial charge in [0.1, 0.15) is 6.07 Å². The molecule has 110 valence electrons. The number of phosphoric acid groups is 1. The summed E-state index contributed by atoms with van der Waals surface area (Å²) < 4.78 is 32.6. The largest absolute Gasteiger partial charge is 0.496 e. The van der Waals surface area contributed by atoms with E-state index in [-0.39, 0.29) is 24.8 Å². The molecule has 0 radical (unpaired) electrons. The zero-order valence-electron chi connectivity index (χ0n) is 11.5. The first-order valence-electron chi connectivity index (χ1n) is 5.95. The predicted molar refractivity (Wildman–Crippen MR) is 69.5 cm³/mol. The molecule has 0 aliphatic heterocycles. The molecule has 0 saturated carbocycles. The lowest BCUT2D eigenvalue weighted by atomic mass is 9.97. The summed E-state index contributed by atoms with van der Waals surface area (Å²) in [5.74, 6) is -0.439. The number of nitrogens with zero attached hydrogens (tertiary/aromatic N) is 1. The van der Waals surface area contributed by atoms with Crippen molar-refractivity contribution in [1.82, 2.24) is 0 Å². The van der Waals surface area contributed by atoms with E-state index in [4.69, 9.17) is 18.3 Å². The number of methoxy groups -OCH3 is 1. The molecule has 20 heavy (non-hydrogen) atoms. The van der Waals surface area contributed by atoms with E-state index in [1.165, 1.54) is 13.2 Å². The molecule has 0 saturated heterocycles. The van der Waals surface area contributed by atoms with E-state index in [1.807, 2.05) is 6.07 Å². The van der Waals surface area contributed by atoms with Crippen LogP contribution in [0.25, 0.3) is 0 Å². The van der Waals surface area contributed by atoms with Gasteiger partial charge in [0.25, 0.3) is 0 Å². The van der Waals surface area contributed by atoms with Gasteiger partial charge in [0.2, 0.25) is 5.60 Å². The Morgan fingerprint density at radius 3 is 2.40 bits per heavy atom. The van der Waals surface area contributed by atoms with Gasteiger partial charge in [-0.15, -0.1) is 0 Å². The number of phosphoric ester groups is 1. The topological polar surface area (TPSA) is 94.9 Å². The maximum absolute atomic E-state index is 12.4. The fraction of sp³-hybridized carbons (Fsp3) is 0.500. The predicted octanol–water partition coefficient (Wildman–Crippen LogP) is 2.12. The summed E-state index contributed by atoms with van der Waals surface area (Å²) in [6.07, 6.45) is 3.39. The molecule has 1 atom stereocenters. The molecular weight excluding hydrogens is 285 g/mol. The van der Waals surface area contributed by atoms with Crippen molar-refractivity contribution < 1.29 is 27.7 Å². The molecule has 0 aromatic heterocycles. The van der Waals surface area contributed by atoms with Crippen LogP contribution in [0.3, 0.4) is 0 Å². The minimum absolute atomic E-state index is 0.0767. The third-order valence-corrected chi connectivity index (χ3v) is 4.00. The SMILES string of the molecule is CCOP(=O)(OCC)OC1(C#N)C=CC(=O)C=C1OC. The van der Waals surface area contributed by atoms with E-state index in [1.54, 1.807) is 13.8 Å². The standard InChI is InChI=1S/C12H16NO6P/c1-4-17-20(15,18-5-2)19-12(9-13)7-6-10(14)8-11(12)16-3/h6-8H,4-5H2,1-3H3. The normalized spacial score (nSPS) is 22.3. The fourth-order valence-electron chi connectivity index (χ4n) is 1.55. The fourth-order valence-corrected chi connectivity index (χ4v) is 2.90. The summed E-state index contributed by atoms with van der Waals surface area (Å²) in [6.45, 7) is 3.38. The molecule has 1 aliphatic rings. The molecule has 0 heterocycles. The van der Waals surface area contributed by atoms with Crippen LogP contribution in [0, 0.1) is 11.3 Å². The van der Waals surface area contributed by atoms with Crippen molar-refractivity contribution >= 4 is 13.6 Å². The van der Waals surface area contributed by atoms with E-state index in [2.05, 4.69) is 0 Å². The van der Waals surface area contributed by atoms with E-state index >= 15 is 0 Å². The van der Waals surface area contributed by atoms with Gasteiger partial charge in [0, 0.05) is 6.08 Å². The molecule has 1 aliphatic carbocycles. The summed E-state index contributed by atoms with van der Waals surface area (Å²) >= 11 is 0. The minimum Gasteiger partial charge on any atom is -0.496 e. The van der Waals surface area contributed by atoms with Crippen LogP contribution < -0.4 is 0 Å². The lowest BCUT2D eigenvalue weighted by Gasteiger charge is -2.29. The molecule has 1 unspecified atom stereocenters. The van der Waals surface area contributed by atoms with Gasteiger partial charge < -0.3 is 4.74 Å². The number of hydrogen-bond donors (Lipinski definition) is 0. The Hall–Kier alpha value is -1.45. The number of rotatable bonds is 7. The van der Waals surface area contributed by atoms with Crippen molar-refractivity contribution in [2.75, 3.05) is 20.3 Å². The third-order valence-electron chi connectivity index (χ3n) is 2.34. The Kier molecular flexibility index (Phi) is 5.66. The highest BCUT2D eigenvalue weighted by Gasteiger charge is 2.45. The Bertz CT molecular complexity index is 511. The van der Waals surface area contributed by atoms with Crippen LogP contribution in [0.4, 0.5) is 0 Å². The van der Waals surface area contributed by atoms with Gasteiger partial charge in [-0.2, -0.15) is 5.26 Å². The molecule has 0 aromatic rings. The first-order valence-corrected chi connectivity index (χ1v) is 7.41. The molecule has 0 fully saturated rings. The van der Waals surface area contributed by atoms with Crippen LogP contribution in [-0.2, 0) is 27.7 Å². The van der Waals surface area contributed by atoms with Crippen LogP contribution in [0.15, 0.2) is 24.0 Å². The number of nitriles is 1. The number of ketones is 1. The van der Waals surface area contributed by atoms with Crippen molar-refractivity contribution in [3.05, 3.63) is 24.0 Å². The van der Waals surface area contributed by atoms with Crippen molar-refractivity contribution in [3.63, 3.8) is 0 Å². The summed E-state index contributed by atoms with van der Waals surface area (Å²) in [4.78, 5) is 11.3. The number of carbonyl (C=O) groups excluding carboxylic acids is 1. The second-order valence-corrected chi connectivity index (χ2v) is 5.26. The molecule has 8 heteroatoms. The van der Waals surface area contributed by atoms with E-state index in [9.17, 15) is 14.6 Å². The molecule has 0 aromatic carbocycles. The minimum atomic E-state index is -3.95. The van der Waals surface area contributed by atoms with Gasteiger partial charge in [-0.3, -0.25) is 18.4 Å². The lowest BCUT2D eigenvalue weighted by Crippen LogP contribution is -2.34. The zero-order valence-corrected chi connectivity index (χ0v) is 12.4. The van der Waals surface area contributed by atoms with Crippen LogP contribution >= 0.6 is 7.82 Å². The average Bonchev–Trinajstić information content (AvgIpc) is 2.41. The first kappa shape index (κ1) is 16.6. The van der Waals surface area contributed by atoms with Crippen molar-refractivity contribution in [2.45, 2.75) is 19.4 Å². The number of carbonyl (C=O) groups is 1. The second-order valence-electron chi connectivity index (χ2n) is 3.67. The van der Waals surface area contributed by atoms with Crippen molar-refractivity contribution in [1.29, 1.82) is 5.26 Å². The Balaban J connectivity index is 3.15. The third kappa shape index (κ3) is 3.56. The quantitative estimate of drug-likeness (QED) is 0.664. The smallest absolute Gasteiger partial charge is 0.477 e. The van der Waals surface area contributed by atoms with Crippen molar-refractivity contribution in [3.8, 4) is 6.07 Å². The number of allylic oxidation sites excluding steroid dienone is 2. The van der Waals surface area contributed by atoms with Gasteiger partial charge in [0.15, 0.2) is 11.5 Å². The van der Waals surface area contributed by atoms with Gasteiger partial charge in [-0.05, 0) is 26.0 Å². The molecule has 1 rings (SSSR count). The van der Waals surface area contributed by atoms with Gasteiger partial charge in [0.05, 0.1) is 20.3 Å². The van der Waals surface area contributed by atoms with Crippen molar-refractivity contribution in [2.24, 2.45) is 0 Å². The van der Waals surface area contributed by atoms with Gasteiger partial charge in [-0.25, -0.2) is 4.57 Å². The van der Waals surface area contributed by atoms with Crippen LogP contribution in [0.1, 0.15) is 13.8 Å². The highest BCUT2D eigenvalue weighted by atomic mass is 31.2. The molecule has 7 nitrogen and oxygen atoms in total. The Labute approximate surface area is 117 Å².